The average Bonchev–Trinajstić information content (AvgIpc) is 2.46. The van der Waals surface area contributed by atoms with Crippen molar-refractivity contribution in [2.45, 2.75) is 27.3 Å². The zero-order valence-electron chi connectivity index (χ0n) is 12.8. The smallest absolute Gasteiger partial charge is 0.229 e. The summed E-state index contributed by atoms with van der Waals surface area (Å²) >= 11 is 0. The summed E-state index contributed by atoms with van der Waals surface area (Å²) in [5.41, 5.74) is 2.54. The molecule has 0 unspecified atom stereocenters. The molecular weight excluding hydrogens is 260 g/mol. The number of amides is 1. The largest absolute Gasteiger partial charge is 0.379 e. The minimum absolute atomic E-state index is 0.0106. The number of carbonyl (C=O) groups is 1. The van der Waals surface area contributed by atoms with Crippen LogP contribution in [0.2, 0.25) is 0 Å². The Morgan fingerprint density at radius 2 is 1.48 bits per heavy atom. The summed E-state index contributed by atoms with van der Waals surface area (Å²) in [6.07, 6.45) is 0. The van der Waals surface area contributed by atoms with Gasteiger partial charge in [0.05, 0.1) is 11.4 Å². The van der Waals surface area contributed by atoms with E-state index >= 15 is 0 Å². The Morgan fingerprint density at radius 3 is 2.10 bits per heavy atom. The van der Waals surface area contributed by atoms with Gasteiger partial charge in [-0.25, -0.2) is 0 Å². The van der Waals surface area contributed by atoms with Crippen molar-refractivity contribution in [2.75, 3.05) is 10.6 Å². The highest BCUT2D eigenvalue weighted by atomic mass is 16.2. The van der Waals surface area contributed by atoms with Crippen molar-refractivity contribution in [1.82, 2.24) is 0 Å². The van der Waals surface area contributed by atoms with Crippen LogP contribution in [-0.4, -0.2) is 5.91 Å². The van der Waals surface area contributed by atoms with Gasteiger partial charge in [-0.2, -0.15) is 0 Å². The van der Waals surface area contributed by atoms with E-state index in [1.807, 2.05) is 63.2 Å². The number of nitrogens with one attached hydrogen (secondary N) is 2. The number of rotatable bonds is 4. The van der Waals surface area contributed by atoms with Crippen LogP contribution in [0.25, 0.3) is 0 Å². The highest BCUT2D eigenvalue weighted by molar-refractivity contribution is 5.97. The number of carbonyl (C=O) groups excluding carboxylic acids is 1. The highest BCUT2D eigenvalue weighted by Crippen LogP contribution is 2.24. The first-order valence-electron chi connectivity index (χ1n) is 7.15. The number of para-hydroxylation sites is 2. The van der Waals surface area contributed by atoms with Gasteiger partial charge in [0.1, 0.15) is 0 Å². The lowest BCUT2D eigenvalue weighted by Crippen LogP contribution is -2.28. The molecule has 3 nitrogen and oxygen atoms in total. The van der Waals surface area contributed by atoms with Crippen LogP contribution in [0.15, 0.2) is 54.6 Å². The van der Waals surface area contributed by atoms with Gasteiger partial charge in [-0.15, -0.1) is 0 Å². The van der Waals surface area contributed by atoms with E-state index in [0.717, 1.165) is 17.9 Å². The lowest BCUT2D eigenvalue weighted by atomic mass is 9.95. The molecule has 0 spiro atoms. The van der Waals surface area contributed by atoms with E-state index in [1.165, 1.54) is 5.56 Å². The van der Waals surface area contributed by atoms with Crippen molar-refractivity contribution in [3.63, 3.8) is 0 Å². The Hall–Kier alpha value is -2.29. The minimum Gasteiger partial charge on any atom is -0.379 e. The molecule has 3 heteroatoms. The molecule has 2 N–H and O–H groups in total. The lowest BCUT2D eigenvalue weighted by molar-refractivity contribution is -0.123. The second-order valence-electron chi connectivity index (χ2n) is 6.09. The fourth-order valence-corrected chi connectivity index (χ4v) is 1.85. The maximum Gasteiger partial charge on any atom is 0.229 e. The lowest BCUT2D eigenvalue weighted by Gasteiger charge is -2.20. The quantitative estimate of drug-likeness (QED) is 0.878. The fraction of sp³-hybridized carbons (Fsp3) is 0.278. The van der Waals surface area contributed by atoms with Gasteiger partial charge in [0, 0.05) is 12.0 Å². The van der Waals surface area contributed by atoms with E-state index in [-0.39, 0.29) is 5.91 Å². The molecule has 0 bridgehead atoms. The third-order valence-electron chi connectivity index (χ3n) is 3.18. The standard InChI is InChI=1S/C18H22N2O/c1-18(2,3)17(21)20-16-12-8-7-11-15(16)19-13-14-9-5-4-6-10-14/h4-12,19H,13H2,1-3H3,(H,20,21). The first kappa shape index (κ1) is 15.1. The molecular formula is C18H22N2O. The normalized spacial score (nSPS) is 11.0. The van der Waals surface area contributed by atoms with E-state index in [1.54, 1.807) is 0 Å². The van der Waals surface area contributed by atoms with Crippen LogP contribution in [0, 0.1) is 5.41 Å². The third kappa shape index (κ3) is 4.35. The Morgan fingerprint density at radius 1 is 0.905 bits per heavy atom. The number of anilines is 2. The van der Waals surface area contributed by atoms with Gasteiger partial charge in [-0.05, 0) is 17.7 Å². The molecule has 0 radical (unpaired) electrons. The summed E-state index contributed by atoms with van der Waals surface area (Å²) in [5.74, 6) is 0.0106. The molecule has 0 heterocycles. The van der Waals surface area contributed by atoms with Crippen LogP contribution in [0.1, 0.15) is 26.3 Å². The van der Waals surface area contributed by atoms with Gasteiger partial charge in [0.15, 0.2) is 0 Å². The molecule has 2 aromatic rings. The Kier molecular flexibility index (Phi) is 4.63. The zero-order valence-corrected chi connectivity index (χ0v) is 12.8. The Balaban J connectivity index is 2.08. The molecule has 0 aliphatic carbocycles. The van der Waals surface area contributed by atoms with Crippen LogP contribution in [0.4, 0.5) is 11.4 Å². The van der Waals surface area contributed by atoms with Crippen LogP contribution in [-0.2, 0) is 11.3 Å². The fourth-order valence-electron chi connectivity index (χ4n) is 1.85. The summed E-state index contributed by atoms with van der Waals surface area (Å²) in [7, 11) is 0. The second kappa shape index (κ2) is 6.44. The molecule has 2 aromatic carbocycles. The molecule has 110 valence electrons. The molecule has 1 amide bonds. The molecule has 2 rings (SSSR count). The van der Waals surface area contributed by atoms with Crippen molar-refractivity contribution in [3.05, 3.63) is 60.2 Å². The van der Waals surface area contributed by atoms with E-state index in [9.17, 15) is 4.79 Å². The predicted molar refractivity (Wildman–Crippen MR) is 88.3 cm³/mol. The van der Waals surface area contributed by atoms with Gasteiger partial charge in [-0.3, -0.25) is 4.79 Å². The van der Waals surface area contributed by atoms with Gasteiger partial charge in [0.25, 0.3) is 0 Å². The van der Waals surface area contributed by atoms with E-state index in [0.29, 0.717) is 0 Å². The van der Waals surface area contributed by atoms with E-state index in [4.69, 9.17) is 0 Å². The highest BCUT2D eigenvalue weighted by Gasteiger charge is 2.21. The first-order valence-corrected chi connectivity index (χ1v) is 7.15. The third-order valence-corrected chi connectivity index (χ3v) is 3.18. The molecule has 0 fully saturated rings. The zero-order chi connectivity index (χ0) is 15.3. The van der Waals surface area contributed by atoms with Crippen LogP contribution in [0.5, 0.6) is 0 Å². The number of benzene rings is 2. The molecule has 0 aromatic heterocycles. The predicted octanol–water partition coefficient (Wildman–Crippen LogP) is 4.28. The molecule has 0 saturated heterocycles. The summed E-state index contributed by atoms with van der Waals surface area (Å²) in [5, 5.41) is 6.36. The molecule has 0 saturated carbocycles. The van der Waals surface area contributed by atoms with Crippen molar-refractivity contribution in [3.8, 4) is 0 Å². The molecule has 0 aliphatic heterocycles. The summed E-state index contributed by atoms with van der Waals surface area (Å²) in [4.78, 5) is 12.1. The van der Waals surface area contributed by atoms with Crippen molar-refractivity contribution in [1.29, 1.82) is 0 Å². The first-order chi connectivity index (χ1) is 9.97. The van der Waals surface area contributed by atoms with Gasteiger partial charge in [-0.1, -0.05) is 63.2 Å². The molecule has 21 heavy (non-hydrogen) atoms. The van der Waals surface area contributed by atoms with E-state index in [2.05, 4.69) is 22.8 Å². The molecule has 0 aliphatic rings. The maximum atomic E-state index is 12.1. The minimum atomic E-state index is -0.410. The SMILES string of the molecule is CC(C)(C)C(=O)Nc1ccccc1NCc1ccccc1. The number of hydrogen-bond donors (Lipinski definition) is 2. The van der Waals surface area contributed by atoms with Crippen molar-refractivity contribution < 1.29 is 4.79 Å². The van der Waals surface area contributed by atoms with Crippen LogP contribution < -0.4 is 10.6 Å². The van der Waals surface area contributed by atoms with E-state index < -0.39 is 5.41 Å². The van der Waals surface area contributed by atoms with Gasteiger partial charge in [0.2, 0.25) is 5.91 Å². The topological polar surface area (TPSA) is 41.1 Å². The monoisotopic (exact) mass is 282 g/mol. The summed E-state index contributed by atoms with van der Waals surface area (Å²) < 4.78 is 0. The van der Waals surface area contributed by atoms with Crippen molar-refractivity contribution >= 4 is 17.3 Å². The molecule has 0 atom stereocenters. The van der Waals surface area contributed by atoms with Crippen LogP contribution in [0.3, 0.4) is 0 Å². The van der Waals surface area contributed by atoms with Gasteiger partial charge >= 0.3 is 0 Å². The average molecular weight is 282 g/mol. The van der Waals surface area contributed by atoms with Crippen molar-refractivity contribution in [2.24, 2.45) is 5.41 Å². The summed E-state index contributed by atoms with van der Waals surface area (Å²) in [6, 6.07) is 18.0. The Labute approximate surface area is 126 Å². The summed E-state index contributed by atoms with van der Waals surface area (Å²) in [6.45, 7) is 6.44. The van der Waals surface area contributed by atoms with Crippen LogP contribution >= 0.6 is 0 Å². The Bertz CT molecular complexity index is 600. The number of hydrogen-bond acceptors (Lipinski definition) is 2. The second-order valence-corrected chi connectivity index (χ2v) is 6.09. The van der Waals surface area contributed by atoms with Gasteiger partial charge < -0.3 is 10.6 Å². The maximum absolute atomic E-state index is 12.1.